The molecule has 8 heteroatoms. The van der Waals surface area contributed by atoms with Gasteiger partial charge in [-0.05, 0) is 67.1 Å². The van der Waals surface area contributed by atoms with E-state index in [4.69, 9.17) is 0 Å². The van der Waals surface area contributed by atoms with Gasteiger partial charge in [0, 0.05) is 0 Å². The van der Waals surface area contributed by atoms with Crippen molar-refractivity contribution >= 4 is 9.84 Å². The first kappa shape index (κ1) is 18.8. The second-order valence-corrected chi connectivity index (χ2v) is 8.47. The molecule has 1 unspecified atom stereocenters. The molecule has 1 aliphatic carbocycles. The minimum Gasteiger partial charge on any atom is -0.376 e. The zero-order valence-corrected chi connectivity index (χ0v) is 14.5. The molecule has 0 bridgehead atoms. The fourth-order valence-corrected chi connectivity index (χ4v) is 4.26. The van der Waals surface area contributed by atoms with Gasteiger partial charge in [-0.3, -0.25) is 0 Å². The van der Waals surface area contributed by atoms with Gasteiger partial charge in [0.25, 0.3) is 0 Å². The standard InChI is InChI=1S/C18H16F4O3S/c1-17(23,18(20,21)22)12-4-7-14(8-5-12)26(24,25)16-9-6-13(19)10-15(16)11-2-3-11/h4-11,23H,2-3H2,1H3. The minimum absolute atomic E-state index is 0.0271. The zero-order chi connectivity index (χ0) is 19.3. The van der Waals surface area contributed by atoms with Gasteiger partial charge < -0.3 is 5.11 Å². The van der Waals surface area contributed by atoms with Crippen molar-refractivity contribution in [2.24, 2.45) is 0 Å². The Balaban J connectivity index is 2.02. The molecule has 1 N–H and O–H groups in total. The van der Waals surface area contributed by atoms with E-state index in [2.05, 4.69) is 0 Å². The van der Waals surface area contributed by atoms with E-state index in [1.165, 1.54) is 12.1 Å². The van der Waals surface area contributed by atoms with Gasteiger partial charge in [0.05, 0.1) is 9.79 Å². The van der Waals surface area contributed by atoms with Gasteiger partial charge >= 0.3 is 6.18 Å². The van der Waals surface area contributed by atoms with E-state index in [0.717, 1.165) is 43.2 Å². The monoisotopic (exact) mass is 388 g/mol. The van der Waals surface area contributed by atoms with Crippen LogP contribution in [0.4, 0.5) is 17.6 Å². The molecule has 0 saturated heterocycles. The Morgan fingerprint density at radius 3 is 2.12 bits per heavy atom. The Hall–Kier alpha value is -1.93. The van der Waals surface area contributed by atoms with E-state index in [1.54, 1.807) is 0 Å². The summed E-state index contributed by atoms with van der Waals surface area (Å²) in [5, 5.41) is 9.67. The Bertz CT molecular complexity index is 928. The van der Waals surface area contributed by atoms with Crippen LogP contribution in [0.2, 0.25) is 0 Å². The second kappa shape index (κ2) is 6.06. The predicted octanol–water partition coefficient (Wildman–Crippen LogP) is 4.31. The van der Waals surface area contributed by atoms with Crippen LogP contribution in [0.5, 0.6) is 0 Å². The second-order valence-electron chi connectivity index (χ2n) is 6.55. The lowest BCUT2D eigenvalue weighted by Crippen LogP contribution is -2.39. The third-order valence-electron chi connectivity index (χ3n) is 4.56. The number of rotatable bonds is 4. The highest BCUT2D eigenvalue weighted by Gasteiger charge is 2.51. The molecule has 1 saturated carbocycles. The molecule has 1 aliphatic rings. The Morgan fingerprint density at radius 2 is 1.62 bits per heavy atom. The summed E-state index contributed by atoms with van der Waals surface area (Å²) >= 11 is 0. The average molecular weight is 388 g/mol. The van der Waals surface area contributed by atoms with E-state index >= 15 is 0 Å². The van der Waals surface area contributed by atoms with Crippen LogP contribution in [0.25, 0.3) is 0 Å². The molecule has 0 radical (unpaired) electrons. The number of benzene rings is 2. The number of sulfone groups is 1. The van der Waals surface area contributed by atoms with Crippen LogP contribution in [0, 0.1) is 5.82 Å². The fraction of sp³-hybridized carbons (Fsp3) is 0.333. The van der Waals surface area contributed by atoms with Crippen LogP contribution in [-0.2, 0) is 15.4 Å². The van der Waals surface area contributed by atoms with E-state index in [1.807, 2.05) is 0 Å². The first-order chi connectivity index (χ1) is 11.9. The Kier molecular flexibility index (Phi) is 4.39. The molecule has 0 heterocycles. The molecule has 3 nitrogen and oxygen atoms in total. The lowest BCUT2D eigenvalue weighted by Gasteiger charge is -2.26. The number of hydrogen-bond donors (Lipinski definition) is 1. The SMILES string of the molecule is CC(O)(c1ccc(S(=O)(=O)c2ccc(F)cc2C2CC2)cc1)C(F)(F)F. The summed E-state index contributed by atoms with van der Waals surface area (Å²) in [4.78, 5) is -0.260. The first-order valence-electron chi connectivity index (χ1n) is 7.89. The van der Waals surface area contributed by atoms with Gasteiger partial charge in [-0.2, -0.15) is 13.2 Å². The molecular formula is C18H16F4O3S. The summed E-state index contributed by atoms with van der Waals surface area (Å²) in [6, 6.07) is 7.31. The van der Waals surface area contributed by atoms with E-state index in [0.29, 0.717) is 12.5 Å². The lowest BCUT2D eigenvalue weighted by atomic mass is 9.96. The van der Waals surface area contributed by atoms with Crippen LogP contribution in [0.15, 0.2) is 52.3 Å². The third-order valence-corrected chi connectivity index (χ3v) is 6.40. The number of aliphatic hydroxyl groups is 1. The van der Waals surface area contributed by atoms with Gasteiger partial charge in [0.2, 0.25) is 9.84 Å². The van der Waals surface area contributed by atoms with E-state index < -0.39 is 33.0 Å². The molecule has 2 aromatic carbocycles. The van der Waals surface area contributed by atoms with E-state index in [-0.39, 0.29) is 15.7 Å². The van der Waals surface area contributed by atoms with Gasteiger partial charge in [0.15, 0.2) is 5.60 Å². The summed E-state index contributed by atoms with van der Waals surface area (Å²) in [6.07, 6.45) is -3.37. The van der Waals surface area contributed by atoms with Crippen LogP contribution < -0.4 is 0 Å². The van der Waals surface area contributed by atoms with Crippen molar-refractivity contribution in [1.29, 1.82) is 0 Å². The summed E-state index contributed by atoms with van der Waals surface area (Å²) in [7, 11) is -4.02. The van der Waals surface area contributed by atoms with Gasteiger partial charge in [-0.1, -0.05) is 12.1 Å². The van der Waals surface area contributed by atoms with Crippen molar-refractivity contribution in [3.63, 3.8) is 0 Å². The average Bonchev–Trinajstić information content (AvgIpc) is 3.38. The van der Waals surface area contributed by atoms with Gasteiger partial charge in [-0.15, -0.1) is 0 Å². The zero-order valence-electron chi connectivity index (χ0n) is 13.7. The van der Waals surface area contributed by atoms with Crippen molar-refractivity contribution < 1.29 is 31.1 Å². The topological polar surface area (TPSA) is 54.4 Å². The maximum atomic E-state index is 13.5. The number of hydrogen-bond acceptors (Lipinski definition) is 3. The summed E-state index contributed by atoms with van der Waals surface area (Å²) in [5.41, 5.74) is -3.17. The van der Waals surface area contributed by atoms with Crippen LogP contribution in [0.3, 0.4) is 0 Å². The van der Waals surface area contributed by atoms with Crippen LogP contribution in [0.1, 0.15) is 36.8 Å². The Morgan fingerprint density at radius 1 is 1.04 bits per heavy atom. The van der Waals surface area contributed by atoms with Crippen molar-refractivity contribution in [3.05, 3.63) is 59.4 Å². The summed E-state index contributed by atoms with van der Waals surface area (Å²) in [6.45, 7) is 0.599. The molecule has 2 aromatic rings. The minimum atomic E-state index is -4.90. The highest BCUT2D eigenvalue weighted by Crippen LogP contribution is 2.44. The lowest BCUT2D eigenvalue weighted by molar-refractivity contribution is -0.258. The first-order valence-corrected chi connectivity index (χ1v) is 9.37. The number of halogens is 4. The van der Waals surface area contributed by atoms with Crippen molar-refractivity contribution in [2.45, 2.75) is 47.3 Å². The van der Waals surface area contributed by atoms with Crippen molar-refractivity contribution in [2.75, 3.05) is 0 Å². The van der Waals surface area contributed by atoms with E-state index in [9.17, 15) is 31.1 Å². The molecule has 0 aliphatic heterocycles. The molecule has 3 rings (SSSR count). The van der Waals surface area contributed by atoms with Crippen molar-refractivity contribution in [1.82, 2.24) is 0 Å². The maximum Gasteiger partial charge on any atom is 0.421 e. The quantitative estimate of drug-likeness (QED) is 0.627. The normalized spacial score (nSPS) is 17.8. The molecule has 0 aromatic heterocycles. The van der Waals surface area contributed by atoms with Crippen molar-refractivity contribution in [3.8, 4) is 0 Å². The molecule has 1 fully saturated rings. The van der Waals surface area contributed by atoms with Crippen LogP contribution >= 0.6 is 0 Å². The third kappa shape index (κ3) is 3.23. The fourth-order valence-electron chi connectivity index (χ4n) is 2.73. The molecular weight excluding hydrogens is 372 g/mol. The Labute approximate surface area is 148 Å². The highest BCUT2D eigenvalue weighted by atomic mass is 32.2. The molecule has 0 spiro atoms. The molecule has 1 atom stereocenters. The van der Waals surface area contributed by atoms with Gasteiger partial charge in [0.1, 0.15) is 5.82 Å². The largest absolute Gasteiger partial charge is 0.421 e. The van der Waals surface area contributed by atoms with Gasteiger partial charge in [-0.25, -0.2) is 12.8 Å². The smallest absolute Gasteiger partial charge is 0.376 e. The summed E-state index contributed by atoms with van der Waals surface area (Å²) < 4.78 is 77.9. The molecule has 26 heavy (non-hydrogen) atoms. The maximum absolute atomic E-state index is 13.5. The predicted molar refractivity (Wildman–Crippen MR) is 85.9 cm³/mol. The van der Waals surface area contributed by atoms with Crippen LogP contribution in [-0.4, -0.2) is 19.7 Å². The molecule has 140 valence electrons. The number of alkyl halides is 3. The highest BCUT2D eigenvalue weighted by molar-refractivity contribution is 7.91. The summed E-state index contributed by atoms with van der Waals surface area (Å²) in [5.74, 6) is -0.567. The molecule has 0 amide bonds.